The summed E-state index contributed by atoms with van der Waals surface area (Å²) >= 11 is 0. The Morgan fingerprint density at radius 3 is 2.48 bits per heavy atom. The van der Waals surface area contributed by atoms with Crippen molar-refractivity contribution < 1.29 is 9.53 Å². The Balaban J connectivity index is 1.87. The molecule has 1 heterocycles. The molecule has 1 aliphatic rings. The van der Waals surface area contributed by atoms with Crippen LogP contribution in [0.4, 0.5) is 4.79 Å². The predicted molar refractivity (Wildman–Crippen MR) is 102 cm³/mol. The van der Waals surface area contributed by atoms with Crippen LogP contribution in [0.15, 0.2) is 24.3 Å². The molecule has 5 heteroatoms. The summed E-state index contributed by atoms with van der Waals surface area (Å²) in [7, 11) is 2.19. The van der Waals surface area contributed by atoms with Crippen molar-refractivity contribution in [1.82, 2.24) is 15.1 Å². The number of carbonyl (C=O) groups is 1. The van der Waals surface area contributed by atoms with E-state index in [1.807, 2.05) is 27.7 Å². The third-order valence-electron chi connectivity index (χ3n) is 4.43. The summed E-state index contributed by atoms with van der Waals surface area (Å²) < 4.78 is 5.31. The highest BCUT2D eigenvalue weighted by molar-refractivity contribution is 5.68. The molecule has 5 nitrogen and oxygen atoms in total. The van der Waals surface area contributed by atoms with Gasteiger partial charge in [0, 0.05) is 19.6 Å². The number of benzene rings is 1. The summed E-state index contributed by atoms with van der Waals surface area (Å²) in [5, 5.41) is 2.89. The highest BCUT2D eigenvalue weighted by Gasteiger charge is 2.18. The molecule has 0 spiro atoms. The Labute approximate surface area is 152 Å². The molecule has 1 saturated heterocycles. The number of alkyl carbamates (subject to hydrolysis) is 1. The van der Waals surface area contributed by atoms with Crippen LogP contribution in [0.3, 0.4) is 0 Å². The Morgan fingerprint density at radius 2 is 1.84 bits per heavy atom. The van der Waals surface area contributed by atoms with Crippen molar-refractivity contribution >= 4 is 6.09 Å². The number of hydrogen-bond acceptors (Lipinski definition) is 4. The minimum atomic E-state index is -0.477. The number of rotatable bonds is 4. The van der Waals surface area contributed by atoms with Crippen molar-refractivity contribution in [3.63, 3.8) is 0 Å². The molecular weight excluding hydrogens is 314 g/mol. The van der Waals surface area contributed by atoms with E-state index in [1.54, 1.807) is 0 Å². The molecule has 1 aliphatic heterocycles. The molecule has 1 aromatic rings. The van der Waals surface area contributed by atoms with Crippen molar-refractivity contribution in [3.8, 4) is 0 Å². The maximum absolute atomic E-state index is 11.9. The first kappa shape index (κ1) is 19.7. The summed E-state index contributed by atoms with van der Waals surface area (Å²) in [4.78, 5) is 16.8. The van der Waals surface area contributed by atoms with Crippen LogP contribution in [-0.4, -0.2) is 54.7 Å². The first-order chi connectivity index (χ1) is 11.7. The Kier molecular flexibility index (Phi) is 6.85. The average molecular weight is 348 g/mol. The summed E-state index contributed by atoms with van der Waals surface area (Å²) in [5.41, 5.74) is 1.93. The van der Waals surface area contributed by atoms with Crippen molar-refractivity contribution in [2.24, 2.45) is 0 Å². The zero-order valence-electron chi connectivity index (χ0n) is 16.3. The number of carbonyl (C=O) groups excluding carboxylic acids is 1. The molecule has 1 fully saturated rings. The van der Waals surface area contributed by atoms with Crippen LogP contribution >= 0.6 is 0 Å². The van der Waals surface area contributed by atoms with E-state index >= 15 is 0 Å². The van der Waals surface area contributed by atoms with E-state index in [1.165, 1.54) is 18.5 Å². The maximum Gasteiger partial charge on any atom is 0.408 e. The monoisotopic (exact) mass is 347 g/mol. The van der Waals surface area contributed by atoms with Gasteiger partial charge in [-0.25, -0.2) is 4.79 Å². The van der Waals surface area contributed by atoms with E-state index in [-0.39, 0.29) is 12.1 Å². The zero-order valence-corrected chi connectivity index (χ0v) is 16.3. The second-order valence-electron chi connectivity index (χ2n) is 8.04. The van der Waals surface area contributed by atoms with Crippen molar-refractivity contribution in [3.05, 3.63) is 35.4 Å². The van der Waals surface area contributed by atoms with Gasteiger partial charge in [-0.05, 0) is 65.4 Å². The molecular formula is C20H33N3O2. The standard InChI is InChI=1S/C20H33N3O2/c1-16(21-19(24)25-20(2,3)4)18-9-7-17(8-10-18)15-23-12-6-11-22(5)13-14-23/h7-10,16H,6,11-15H2,1-5H3,(H,21,24). The fraction of sp³-hybridized carbons (Fsp3) is 0.650. The van der Waals surface area contributed by atoms with Gasteiger partial charge in [-0.15, -0.1) is 0 Å². The first-order valence-electron chi connectivity index (χ1n) is 9.22. The number of hydrogen-bond donors (Lipinski definition) is 1. The molecule has 1 N–H and O–H groups in total. The van der Waals surface area contributed by atoms with E-state index in [0.717, 1.165) is 31.7 Å². The van der Waals surface area contributed by atoms with Crippen molar-refractivity contribution in [2.45, 2.75) is 52.3 Å². The number of ether oxygens (including phenoxy) is 1. The summed E-state index contributed by atoms with van der Waals surface area (Å²) in [6.45, 7) is 13.2. The fourth-order valence-corrected chi connectivity index (χ4v) is 3.00. The maximum atomic E-state index is 11.9. The van der Waals surface area contributed by atoms with E-state index in [2.05, 4.69) is 46.4 Å². The molecule has 2 rings (SSSR count). The smallest absolute Gasteiger partial charge is 0.408 e. The molecule has 1 atom stereocenters. The molecule has 0 bridgehead atoms. The molecule has 140 valence electrons. The highest BCUT2D eigenvalue weighted by Crippen LogP contribution is 2.16. The number of likely N-dealkylation sites (N-methyl/N-ethyl adjacent to an activating group) is 1. The van der Waals surface area contributed by atoms with Crippen LogP contribution in [0.25, 0.3) is 0 Å². The fourth-order valence-electron chi connectivity index (χ4n) is 3.00. The summed E-state index contributed by atoms with van der Waals surface area (Å²) in [5.74, 6) is 0. The minimum Gasteiger partial charge on any atom is -0.444 e. The zero-order chi connectivity index (χ0) is 18.4. The van der Waals surface area contributed by atoms with Crippen LogP contribution < -0.4 is 5.32 Å². The highest BCUT2D eigenvalue weighted by atomic mass is 16.6. The van der Waals surface area contributed by atoms with Gasteiger partial charge >= 0.3 is 6.09 Å². The van der Waals surface area contributed by atoms with Crippen LogP contribution in [0.5, 0.6) is 0 Å². The lowest BCUT2D eigenvalue weighted by Gasteiger charge is -2.22. The lowest BCUT2D eigenvalue weighted by molar-refractivity contribution is 0.0508. The molecule has 1 unspecified atom stereocenters. The van der Waals surface area contributed by atoms with Gasteiger partial charge < -0.3 is 15.0 Å². The SMILES string of the molecule is CC(NC(=O)OC(C)(C)C)c1ccc(CN2CCCN(C)CC2)cc1. The average Bonchev–Trinajstić information content (AvgIpc) is 2.70. The Morgan fingerprint density at radius 1 is 1.16 bits per heavy atom. The third kappa shape index (κ3) is 7.04. The molecule has 0 saturated carbocycles. The van der Waals surface area contributed by atoms with Gasteiger partial charge in [0.2, 0.25) is 0 Å². The van der Waals surface area contributed by atoms with Gasteiger partial charge in [0.25, 0.3) is 0 Å². The molecule has 1 amide bonds. The molecule has 1 aromatic carbocycles. The quantitative estimate of drug-likeness (QED) is 0.906. The van der Waals surface area contributed by atoms with Crippen LogP contribution in [-0.2, 0) is 11.3 Å². The first-order valence-corrected chi connectivity index (χ1v) is 9.22. The lowest BCUT2D eigenvalue weighted by Crippen LogP contribution is -2.34. The number of nitrogens with one attached hydrogen (secondary N) is 1. The van der Waals surface area contributed by atoms with Crippen LogP contribution in [0.1, 0.15) is 51.3 Å². The van der Waals surface area contributed by atoms with Gasteiger partial charge in [-0.3, -0.25) is 4.90 Å². The summed E-state index contributed by atoms with van der Waals surface area (Å²) in [6, 6.07) is 8.45. The Bertz CT molecular complexity index is 551. The second-order valence-corrected chi connectivity index (χ2v) is 8.04. The van der Waals surface area contributed by atoms with Crippen LogP contribution in [0, 0.1) is 0 Å². The van der Waals surface area contributed by atoms with Gasteiger partial charge in [0.1, 0.15) is 5.60 Å². The van der Waals surface area contributed by atoms with Gasteiger partial charge in [0.05, 0.1) is 6.04 Å². The van der Waals surface area contributed by atoms with Crippen molar-refractivity contribution in [2.75, 3.05) is 33.2 Å². The Hall–Kier alpha value is -1.59. The molecule has 25 heavy (non-hydrogen) atoms. The minimum absolute atomic E-state index is 0.0734. The van der Waals surface area contributed by atoms with Gasteiger partial charge in [0.15, 0.2) is 0 Å². The van der Waals surface area contributed by atoms with Gasteiger partial charge in [-0.1, -0.05) is 24.3 Å². The topological polar surface area (TPSA) is 44.8 Å². The second kappa shape index (κ2) is 8.68. The molecule has 0 aliphatic carbocycles. The normalized spacial score (nSPS) is 18.4. The lowest BCUT2D eigenvalue weighted by atomic mass is 10.1. The van der Waals surface area contributed by atoms with Gasteiger partial charge in [-0.2, -0.15) is 0 Å². The van der Waals surface area contributed by atoms with Crippen LogP contribution in [0.2, 0.25) is 0 Å². The largest absolute Gasteiger partial charge is 0.444 e. The summed E-state index contributed by atoms with van der Waals surface area (Å²) in [6.07, 6.45) is 0.851. The van der Waals surface area contributed by atoms with E-state index < -0.39 is 5.60 Å². The predicted octanol–water partition coefficient (Wildman–Crippen LogP) is 3.41. The van der Waals surface area contributed by atoms with E-state index in [9.17, 15) is 4.79 Å². The molecule has 0 aromatic heterocycles. The van der Waals surface area contributed by atoms with E-state index in [0.29, 0.717) is 0 Å². The van der Waals surface area contributed by atoms with E-state index in [4.69, 9.17) is 4.74 Å². The number of nitrogens with zero attached hydrogens (tertiary/aromatic N) is 2. The molecule has 0 radical (unpaired) electrons. The van der Waals surface area contributed by atoms with Crippen molar-refractivity contribution in [1.29, 1.82) is 0 Å². The number of amides is 1. The third-order valence-corrected chi connectivity index (χ3v) is 4.43.